The molecule has 1 aromatic rings. The van der Waals surface area contributed by atoms with Crippen LogP contribution in [-0.2, 0) is 6.42 Å². The van der Waals surface area contributed by atoms with Crippen molar-refractivity contribution in [1.82, 2.24) is 0 Å². The molecule has 1 nitrogen and oxygen atoms in total. The standard InChI is InChI=1S/C14H17N/c1-14(9-7-13(15)8-10-14)11-12-5-3-2-4-6-12/h2-9H,10-11,15H2,1H3. The van der Waals surface area contributed by atoms with E-state index in [1.54, 1.807) is 0 Å². The maximum Gasteiger partial charge on any atom is 0.0270 e. The van der Waals surface area contributed by atoms with Crippen LogP contribution in [0, 0.1) is 5.41 Å². The largest absolute Gasteiger partial charge is 0.399 e. The van der Waals surface area contributed by atoms with E-state index in [0.717, 1.165) is 18.5 Å². The van der Waals surface area contributed by atoms with Gasteiger partial charge in [0.15, 0.2) is 0 Å². The first-order valence-electron chi connectivity index (χ1n) is 5.37. The minimum atomic E-state index is 0.226. The van der Waals surface area contributed by atoms with Crippen LogP contribution in [0.4, 0.5) is 0 Å². The average molecular weight is 199 g/mol. The second kappa shape index (κ2) is 3.93. The third-order valence-corrected chi connectivity index (χ3v) is 2.93. The molecule has 78 valence electrons. The van der Waals surface area contributed by atoms with Gasteiger partial charge >= 0.3 is 0 Å². The fourth-order valence-corrected chi connectivity index (χ4v) is 1.98. The molecule has 0 amide bonds. The number of hydrogen-bond donors (Lipinski definition) is 1. The van der Waals surface area contributed by atoms with E-state index in [0.29, 0.717) is 0 Å². The summed E-state index contributed by atoms with van der Waals surface area (Å²) in [4.78, 5) is 0. The zero-order chi connectivity index (χ0) is 10.7. The predicted octanol–water partition coefficient (Wildman–Crippen LogP) is 3.04. The fraction of sp³-hybridized carbons (Fsp3) is 0.286. The molecule has 0 bridgehead atoms. The summed E-state index contributed by atoms with van der Waals surface area (Å²) < 4.78 is 0. The first-order valence-corrected chi connectivity index (χ1v) is 5.37. The molecule has 1 aromatic carbocycles. The highest BCUT2D eigenvalue weighted by Crippen LogP contribution is 2.32. The van der Waals surface area contributed by atoms with Crippen LogP contribution in [0.5, 0.6) is 0 Å². The predicted molar refractivity (Wildman–Crippen MR) is 64.3 cm³/mol. The van der Waals surface area contributed by atoms with Gasteiger partial charge in [0, 0.05) is 5.70 Å². The van der Waals surface area contributed by atoms with Crippen LogP contribution in [0.2, 0.25) is 0 Å². The molecule has 0 heterocycles. The first-order chi connectivity index (χ1) is 7.18. The molecule has 0 spiro atoms. The zero-order valence-corrected chi connectivity index (χ0v) is 9.11. The van der Waals surface area contributed by atoms with Crippen LogP contribution in [0.3, 0.4) is 0 Å². The second-order valence-electron chi connectivity index (χ2n) is 4.56. The van der Waals surface area contributed by atoms with E-state index < -0.39 is 0 Å². The fourth-order valence-electron chi connectivity index (χ4n) is 1.98. The number of nitrogens with two attached hydrogens (primary N) is 1. The number of rotatable bonds is 2. The van der Waals surface area contributed by atoms with Gasteiger partial charge in [-0.05, 0) is 29.9 Å². The smallest absolute Gasteiger partial charge is 0.0270 e. The Balaban J connectivity index is 2.10. The van der Waals surface area contributed by atoms with E-state index in [4.69, 9.17) is 5.73 Å². The van der Waals surface area contributed by atoms with Crippen molar-refractivity contribution in [1.29, 1.82) is 0 Å². The van der Waals surface area contributed by atoms with Crippen molar-refractivity contribution in [2.75, 3.05) is 0 Å². The SMILES string of the molecule is CC1(Cc2ccccc2)C=CC(N)=CC1. The highest BCUT2D eigenvalue weighted by Gasteiger charge is 2.22. The quantitative estimate of drug-likeness (QED) is 0.778. The lowest BCUT2D eigenvalue weighted by atomic mass is 9.78. The van der Waals surface area contributed by atoms with Crippen LogP contribution < -0.4 is 5.73 Å². The lowest BCUT2D eigenvalue weighted by molar-refractivity contribution is 0.425. The Bertz CT molecular complexity index is 389. The highest BCUT2D eigenvalue weighted by molar-refractivity contribution is 5.26. The minimum Gasteiger partial charge on any atom is -0.399 e. The lowest BCUT2D eigenvalue weighted by Crippen LogP contribution is -2.19. The van der Waals surface area contributed by atoms with Gasteiger partial charge in [-0.25, -0.2) is 0 Å². The molecule has 0 saturated carbocycles. The molecule has 1 aliphatic carbocycles. The number of allylic oxidation sites excluding steroid dienone is 3. The van der Waals surface area contributed by atoms with Crippen LogP contribution >= 0.6 is 0 Å². The summed E-state index contributed by atoms with van der Waals surface area (Å²) >= 11 is 0. The average Bonchev–Trinajstić information content (AvgIpc) is 2.24. The zero-order valence-electron chi connectivity index (χ0n) is 9.11. The number of hydrogen-bond acceptors (Lipinski definition) is 1. The molecule has 2 N–H and O–H groups in total. The third kappa shape index (κ3) is 2.50. The van der Waals surface area contributed by atoms with E-state index >= 15 is 0 Å². The second-order valence-corrected chi connectivity index (χ2v) is 4.56. The molecule has 1 unspecified atom stereocenters. The monoisotopic (exact) mass is 199 g/mol. The van der Waals surface area contributed by atoms with E-state index in [1.165, 1.54) is 5.56 Å². The summed E-state index contributed by atoms with van der Waals surface area (Å²) in [5, 5.41) is 0. The molecule has 0 saturated heterocycles. The molecule has 1 aliphatic rings. The molecular weight excluding hydrogens is 182 g/mol. The van der Waals surface area contributed by atoms with E-state index in [9.17, 15) is 0 Å². The van der Waals surface area contributed by atoms with Gasteiger partial charge in [0.2, 0.25) is 0 Å². The van der Waals surface area contributed by atoms with Crippen molar-refractivity contribution >= 4 is 0 Å². The topological polar surface area (TPSA) is 26.0 Å². The molecule has 0 radical (unpaired) electrons. The summed E-state index contributed by atoms with van der Waals surface area (Å²) in [7, 11) is 0. The van der Waals surface area contributed by atoms with E-state index in [-0.39, 0.29) is 5.41 Å². The Kier molecular flexibility index (Phi) is 2.63. The first kappa shape index (κ1) is 10.0. The van der Waals surface area contributed by atoms with Crippen LogP contribution in [-0.4, -0.2) is 0 Å². The van der Waals surface area contributed by atoms with Gasteiger partial charge in [0.1, 0.15) is 0 Å². The number of benzene rings is 1. The molecule has 0 fully saturated rings. The Hall–Kier alpha value is -1.50. The molecule has 1 heteroatoms. The van der Waals surface area contributed by atoms with Crippen LogP contribution in [0.1, 0.15) is 18.9 Å². The van der Waals surface area contributed by atoms with Crippen LogP contribution in [0.15, 0.2) is 54.3 Å². The van der Waals surface area contributed by atoms with Crippen molar-refractivity contribution < 1.29 is 0 Å². The minimum absolute atomic E-state index is 0.226. The molecular formula is C14H17N. The van der Waals surface area contributed by atoms with Gasteiger partial charge in [0.25, 0.3) is 0 Å². The van der Waals surface area contributed by atoms with Crippen molar-refractivity contribution in [2.24, 2.45) is 11.1 Å². The van der Waals surface area contributed by atoms with Crippen LogP contribution in [0.25, 0.3) is 0 Å². The molecule has 1 atom stereocenters. The van der Waals surface area contributed by atoms with Gasteiger partial charge in [0.05, 0.1) is 0 Å². The van der Waals surface area contributed by atoms with Gasteiger partial charge in [-0.1, -0.05) is 49.4 Å². The van der Waals surface area contributed by atoms with Crippen molar-refractivity contribution in [3.05, 3.63) is 59.8 Å². The Labute approximate surface area is 91.3 Å². The third-order valence-electron chi connectivity index (χ3n) is 2.93. The normalized spacial score (nSPS) is 25.0. The van der Waals surface area contributed by atoms with Crippen molar-refractivity contribution in [3.63, 3.8) is 0 Å². The van der Waals surface area contributed by atoms with Gasteiger partial charge in [-0.15, -0.1) is 0 Å². The Morgan fingerprint density at radius 1 is 1.27 bits per heavy atom. The summed E-state index contributed by atoms with van der Waals surface area (Å²) in [5.41, 5.74) is 8.23. The maximum atomic E-state index is 5.72. The molecule has 15 heavy (non-hydrogen) atoms. The summed E-state index contributed by atoms with van der Waals surface area (Å²) in [5.74, 6) is 0. The summed E-state index contributed by atoms with van der Waals surface area (Å²) in [6.07, 6.45) is 8.48. The van der Waals surface area contributed by atoms with E-state index in [2.05, 4.69) is 49.4 Å². The van der Waals surface area contributed by atoms with Gasteiger partial charge < -0.3 is 5.73 Å². The maximum absolute atomic E-state index is 5.72. The molecule has 2 rings (SSSR count). The van der Waals surface area contributed by atoms with E-state index in [1.807, 2.05) is 6.08 Å². The van der Waals surface area contributed by atoms with Crippen molar-refractivity contribution in [2.45, 2.75) is 19.8 Å². The van der Waals surface area contributed by atoms with Gasteiger partial charge in [-0.2, -0.15) is 0 Å². The Morgan fingerprint density at radius 2 is 2.00 bits per heavy atom. The Morgan fingerprint density at radius 3 is 2.60 bits per heavy atom. The summed E-state index contributed by atoms with van der Waals surface area (Å²) in [6.45, 7) is 2.28. The molecule has 0 aliphatic heterocycles. The highest BCUT2D eigenvalue weighted by atomic mass is 14.6. The lowest BCUT2D eigenvalue weighted by Gasteiger charge is -2.27. The molecule has 0 aromatic heterocycles. The van der Waals surface area contributed by atoms with Gasteiger partial charge in [-0.3, -0.25) is 0 Å². The summed E-state index contributed by atoms with van der Waals surface area (Å²) in [6, 6.07) is 10.6. The van der Waals surface area contributed by atoms with Crippen molar-refractivity contribution in [3.8, 4) is 0 Å².